The van der Waals surface area contributed by atoms with Crippen LogP contribution in [0.1, 0.15) is 33.3 Å². The van der Waals surface area contributed by atoms with Crippen LogP contribution in [0.4, 0.5) is 0 Å². The van der Waals surface area contributed by atoms with Crippen molar-refractivity contribution in [3.05, 3.63) is 75.5 Å². The molecule has 8 heteroatoms. The zero-order valence-corrected chi connectivity index (χ0v) is 18.9. The second-order valence-electron chi connectivity index (χ2n) is 6.86. The van der Waals surface area contributed by atoms with Gasteiger partial charge in [-0.15, -0.1) is 11.3 Å². The molecule has 1 heterocycles. The molecule has 0 radical (unpaired) electrons. The zero-order valence-electron chi connectivity index (χ0n) is 18.1. The van der Waals surface area contributed by atoms with E-state index < -0.39 is 5.97 Å². The minimum atomic E-state index is -0.446. The number of carbonyl (C=O) groups excluding carboxylic acids is 2. The Morgan fingerprint density at radius 1 is 1.03 bits per heavy atom. The standard InChI is InChI=1S/C24H24N2O5S/c1-4-29-21-13-18(8-10-20(21)31-24(28)22-6-5-11-32-22)14-25-26-23(27)15-30-19-9-7-16(2)12-17(19)3/h5-14H,4,15H2,1-3H3,(H,26,27). The van der Waals surface area contributed by atoms with Crippen LogP contribution in [-0.2, 0) is 4.79 Å². The maximum atomic E-state index is 12.2. The first-order valence-electron chi connectivity index (χ1n) is 10.0. The Hall–Kier alpha value is -3.65. The van der Waals surface area contributed by atoms with E-state index in [1.807, 2.05) is 39.0 Å². The molecule has 166 valence electrons. The lowest BCUT2D eigenvalue weighted by Crippen LogP contribution is -2.24. The Bertz CT molecular complexity index is 1110. The van der Waals surface area contributed by atoms with Gasteiger partial charge >= 0.3 is 5.97 Å². The summed E-state index contributed by atoms with van der Waals surface area (Å²) in [5, 5.41) is 5.76. The first-order chi connectivity index (χ1) is 15.5. The van der Waals surface area contributed by atoms with E-state index in [4.69, 9.17) is 14.2 Å². The summed E-state index contributed by atoms with van der Waals surface area (Å²) in [6.07, 6.45) is 1.47. The Morgan fingerprint density at radius 3 is 2.56 bits per heavy atom. The SMILES string of the molecule is CCOc1cc(C=NNC(=O)COc2ccc(C)cc2C)ccc1OC(=O)c1cccs1. The molecule has 3 aromatic rings. The van der Waals surface area contributed by atoms with Gasteiger partial charge < -0.3 is 14.2 Å². The van der Waals surface area contributed by atoms with E-state index in [9.17, 15) is 9.59 Å². The summed E-state index contributed by atoms with van der Waals surface area (Å²) < 4.78 is 16.6. The number of nitrogens with zero attached hydrogens (tertiary/aromatic N) is 1. The maximum Gasteiger partial charge on any atom is 0.353 e. The second kappa shape index (κ2) is 11.1. The van der Waals surface area contributed by atoms with Gasteiger partial charge in [-0.05, 0) is 67.6 Å². The number of esters is 1. The van der Waals surface area contributed by atoms with Crippen molar-refractivity contribution in [1.82, 2.24) is 5.43 Å². The van der Waals surface area contributed by atoms with Gasteiger partial charge in [-0.2, -0.15) is 5.10 Å². The van der Waals surface area contributed by atoms with E-state index in [0.29, 0.717) is 34.3 Å². The number of hydrogen-bond donors (Lipinski definition) is 1. The van der Waals surface area contributed by atoms with E-state index in [1.54, 1.807) is 35.7 Å². The fourth-order valence-corrected chi connectivity index (χ4v) is 3.42. The highest BCUT2D eigenvalue weighted by Crippen LogP contribution is 2.29. The molecular formula is C24H24N2O5S. The number of nitrogens with one attached hydrogen (secondary N) is 1. The Kier molecular flexibility index (Phi) is 7.99. The predicted octanol–water partition coefficient (Wildman–Crippen LogP) is 4.51. The van der Waals surface area contributed by atoms with Gasteiger partial charge in [0.15, 0.2) is 18.1 Å². The zero-order chi connectivity index (χ0) is 22.9. The van der Waals surface area contributed by atoms with Crippen molar-refractivity contribution in [2.45, 2.75) is 20.8 Å². The number of hydrogen-bond acceptors (Lipinski definition) is 7. The smallest absolute Gasteiger partial charge is 0.353 e. The van der Waals surface area contributed by atoms with Crippen LogP contribution in [0.5, 0.6) is 17.2 Å². The second-order valence-corrected chi connectivity index (χ2v) is 7.80. The molecule has 0 fully saturated rings. The summed E-state index contributed by atoms with van der Waals surface area (Å²) in [5.74, 6) is 0.550. The Labute approximate surface area is 190 Å². The number of ether oxygens (including phenoxy) is 3. The highest BCUT2D eigenvalue weighted by atomic mass is 32.1. The third-order valence-electron chi connectivity index (χ3n) is 4.28. The quantitative estimate of drug-likeness (QED) is 0.223. The van der Waals surface area contributed by atoms with Gasteiger partial charge in [0.2, 0.25) is 0 Å². The minimum Gasteiger partial charge on any atom is -0.490 e. The average Bonchev–Trinajstić information content (AvgIpc) is 3.30. The molecule has 1 N–H and O–H groups in total. The van der Waals surface area contributed by atoms with Crippen LogP contribution < -0.4 is 19.6 Å². The van der Waals surface area contributed by atoms with Gasteiger partial charge in [0.1, 0.15) is 10.6 Å². The molecule has 3 rings (SSSR count). The number of rotatable bonds is 9. The number of hydrazone groups is 1. The molecule has 0 aliphatic carbocycles. The molecule has 0 atom stereocenters. The van der Waals surface area contributed by atoms with Gasteiger partial charge in [0, 0.05) is 0 Å². The largest absolute Gasteiger partial charge is 0.490 e. The highest BCUT2D eigenvalue weighted by molar-refractivity contribution is 7.12. The first kappa shape index (κ1) is 23.0. The molecule has 7 nitrogen and oxygen atoms in total. The number of amides is 1. The summed E-state index contributed by atoms with van der Waals surface area (Å²) in [4.78, 5) is 24.7. The van der Waals surface area contributed by atoms with Gasteiger partial charge in [0.25, 0.3) is 5.91 Å². The molecule has 32 heavy (non-hydrogen) atoms. The van der Waals surface area contributed by atoms with Crippen molar-refractivity contribution in [3.8, 4) is 17.2 Å². The van der Waals surface area contributed by atoms with Crippen molar-refractivity contribution >= 4 is 29.4 Å². The van der Waals surface area contributed by atoms with Crippen LogP contribution in [-0.4, -0.2) is 31.3 Å². The van der Waals surface area contributed by atoms with Crippen LogP contribution >= 0.6 is 11.3 Å². The van der Waals surface area contributed by atoms with Crippen molar-refractivity contribution in [2.24, 2.45) is 5.10 Å². The molecule has 0 saturated carbocycles. The van der Waals surface area contributed by atoms with Gasteiger partial charge in [-0.25, -0.2) is 10.2 Å². The monoisotopic (exact) mass is 452 g/mol. The molecular weight excluding hydrogens is 428 g/mol. The minimum absolute atomic E-state index is 0.150. The third-order valence-corrected chi connectivity index (χ3v) is 5.13. The van der Waals surface area contributed by atoms with Crippen molar-refractivity contribution in [3.63, 3.8) is 0 Å². The van der Waals surface area contributed by atoms with Crippen molar-refractivity contribution in [2.75, 3.05) is 13.2 Å². The summed E-state index contributed by atoms with van der Waals surface area (Å²) in [7, 11) is 0. The molecule has 0 unspecified atom stereocenters. The molecule has 0 aliphatic rings. The van der Waals surface area contributed by atoms with Crippen molar-refractivity contribution < 1.29 is 23.8 Å². The van der Waals surface area contributed by atoms with Gasteiger partial charge in [-0.1, -0.05) is 23.8 Å². The summed E-state index contributed by atoms with van der Waals surface area (Å²) in [6, 6.07) is 14.3. The number of benzene rings is 2. The lowest BCUT2D eigenvalue weighted by atomic mass is 10.1. The topological polar surface area (TPSA) is 86.2 Å². The first-order valence-corrected chi connectivity index (χ1v) is 10.9. The summed E-state index contributed by atoms with van der Waals surface area (Å²) in [5.41, 5.74) is 5.19. The fraction of sp³-hybridized carbons (Fsp3) is 0.208. The predicted molar refractivity (Wildman–Crippen MR) is 124 cm³/mol. The van der Waals surface area contributed by atoms with Crippen molar-refractivity contribution in [1.29, 1.82) is 0 Å². The Morgan fingerprint density at radius 2 is 1.84 bits per heavy atom. The lowest BCUT2D eigenvalue weighted by Gasteiger charge is -2.11. The summed E-state index contributed by atoms with van der Waals surface area (Å²) in [6.45, 7) is 6.01. The van der Waals surface area contributed by atoms with Gasteiger partial charge in [0.05, 0.1) is 12.8 Å². The molecule has 1 aromatic heterocycles. The van der Waals surface area contributed by atoms with E-state index in [0.717, 1.165) is 11.1 Å². The molecule has 0 saturated heterocycles. The van der Waals surface area contributed by atoms with Crippen LogP contribution in [0, 0.1) is 13.8 Å². The molecule has 0 spiro atoms. The summed E-state index contributed by atoms with van der Waals surface area (Å²) >= 11 is 1.30. The van der Waals surface area contributed by atoms with Crippen LogP contribution in [0.3, 0.4) is 0 Å². The Balaban J connectivity index is 1.58. The molecule has 0 bridgehead atoms. The van der Waals surface area contributed by atoms with Crippen LogP contribution in [0.2, 0.25) is 0 Å². The molecule has 2 aromatic carbocycles. The maximum absolute atomic E-state index is 12.2. The van der Waals surface area contributed by atoms with E-state index in [2.05, 4.69) is 10.5 Å². The van der Waals surface area contributed by atoms with E-state index in [-0.39, 0.29) is 12.5 Å². The van der Waals surface area contributed by atoms with Crippen LogP contribution in [0.15, 0.2) is 59.0 Å². The van der Waals surface area contributed by atoms with Gasteiger partial charge in [-0.3, -0.25) is 4.79 Å². The lowest BCUT2D eigenvalue weighted by molar-refractivity contribution is -0.123. The average molecular weight is 453 g/mol. The fourth-order valence-electron chi connectivity index (χ4n) is 2.82. The molecule has 0 aliphatic heterocycles. The van der Waals surface area contributed by atoms with E-state index in [1.165, 1.54) is 17.6 Å². The van der Waals surface area contributed by atoms with E-state index >= 15 is 0 Å². The normalized spacial score (nSPS) is 10.7. The number of aryl methyl sites for hydroxylation is 2. The van der Waals surface area contributed by atoms with Crippen LogP contribution in [0.25, 0.3) is 0 Å². The number of thiophene rings is 1. The highest BCUT2D eigenvalue weighted by Gasteiger charge is 2.14. The number of carbonyl (C=O) groups is 2. The molecule has 1 amide bonds. The third kappa shape index (κ3) is 6.42.